The van der Waals surface area contributed by atoms with Gasteiger partial charge < -0.3 is 4.90 Å². The minimum Gasteiger partial charge on any atom is -0.339 e. The van der Waals surface area contributed by atoms with Gasteiger partial charge in [-0.25, -0.2) is 0 Å². The van der Waals surface area contributed by atoms with Crippen LogP contribution in [0.3, 0.4) is 0 Å². The molecule has 0 N–H and O–H groups in total. The van der Waals surface area contributed by atoms with Crippen LogP contribution in [-0.2, 0) is 7.05 Å². The molecule has 13 heavy (non-hydrogen) atoms. The predicted molar refractivity (Wildman–Crippen MR) is 50.9 cm³/mol. The maximum absolute atomic E-state index is 11.6. The lowest BCUT2D eigenvalue weighted by atomic mass is 10.4. The summed E-state index contributed by atoms with van der Waals surface area (Å²) in [7, 11) is 3.46. The number of rotatable bonds is 3. The van der Waals surface area contributed by atoms with Crippen molar-refractivity contribution in [2.75, 3.05) is 19.5 Å². The van der Waals surface area contributed by atoms with Crippen LogP contribution in [0.4, 0.5) is 0 Å². The third kappa shape index (κ3) is 2.21. The molecule has 72 valence electrons. The first-order valence-corrected chi connectivity index (χ1v) is 4.49. The van der Waals surface area contributed by atoms with E-state index in [0.717, 1.165) is 0 Å². The number of hydrogen-bond donors (Lipinski definition) is 0. The van der Waals surface area contributed by atoms with Gasteiger partial charge in [0.15, 0.2) is 0 Å². The predicted octanol–water partition coefficient (Wildman–Crippen LogP) is 0.731. The lowest BCUT2D eigenvalue weighted by molar-refractivity contribution is 0.0792. The van der Waals surface area contributed by atoms with Crippen LogP contribution in [0.5, 0.6) is 0 Å². The Hall–Kier alpha value is -1.03. The second kappa shape index (κ2) is 4.28. The Morgan fingerprint density at radius 1 is 1.77 bits per heavy atom. The number of amides is 1. The number of hydrogen-bond acceptors (Lipinski definition) is 2. The molecule has 5 heteroatoms. The molecule has 0 aliphatic heterocycles. The van der Waals surface area contributed by atoms with Crippen molar-refractivity contribution in [3.8, 4) is 0 Å². The van der Waals surface area contributed by atoms with E-state index in [2.05, 4.69) is 5.10 Å². The van der Waals surface area contributed by atoms with Crippen LogP contribution in [0.2, 0.25) is 0 Å². The molecule has 0 atom stereocenters. The Balaban J connectivity index is 2.73. The Labute approximate surface area is 82.1 Å². The first kappa shape index (κ1) is 10.1. The standard InChI is InChI=1S/C8H12ClN3O/c1-11(6-4-9)8(13)7-3-5-10-12(7)2/h3,5H,4,6H2,1-2H3. The van der Waals surface area contributed by atoms with Crippen molar-refractivity contribution in [3.63, 3.8) is 0 Å². The highest BCUT2D eigenvalue weighted by atomic mass is 35.5. The number of aryl methyl sites for hydroxylation is 1. The zero-order valence-corrected chi connectivity index (χ0v) is 8.45. The average molecular weight is 202 g/mol. The number of nitrogens with zero attached hydrogens (tertiary/aromatic N) is 3. The van der Waals surface area contributed by atoms with Crippen molar-refractivity contribution in [3.05, 3.63) is 18.0 Å². The molecule has 1 rings (SSSR count). The molecule has 0 bridgehead atoms. The minimum atomic E-state index is -0.0550. The Morgan fingerprint density at radius 2 is 2.46 bits per heavy atom. The monoisotopic (exact) mass is 201 g/mol. The summed E-state index contributed by atoms with van der Waals surface area (Å²) in [4.78, 5) is 13.2. The van der Waals surface area contributed by atoms with E-state index in [0.29, 0.717) is 18.1 Å². The Kier molecular flexibility index (Phi) is 3.31. The summed E-state index contributed by atoms with van der Waals surface area (Å²) in [6.07, 6.45) is 1.60. The average Bonchev–Trinajstić information content (AvgIpc) is 2.50. The van der Waals surface area contributed by atoms with Gasteiger partial charge >= 0.3 is 0 Å². The highest BCUT2D eigenvalue weighted by Gasteiger charge is 2.13. The fraction of sp³-hybridized carbons (Fsp3) is 0.500. The number of carbonyl (C=O) groups excluding carboxylic acids is 1. The van der Waals surface area contributed by atoms with Crippen LogP contribution < -0.4 is 0 Å². The normalized spacial score (nSPS) is 10.1. The fourth-order valence-electron chi connectivity index (χ4n) is 1.01. The number of aromatic nitrogens is 2. The molecule has 1 aromatic rings. The van der Waals surface area contributed by atoms with Gasteiger partial charge in [-0.1, -0.05) is 0 Å². The van der Waals surface area contributed by atoms with Crippen LogP contribution in [0.15, 0.2) is 12.3 Å². The second-order valence-electron chi connectivity index (χ2n) is 2.76. The van der Waals surface area contributed by atoms with E-state index in [9.17, 15) is 4.79 Å². The van der Waals surface area contributed by atoms with Gasteiger partial charge in [-0.3, -0.25) is 9.48 Å². The van der Waals surface area contributed by atoms with E-state index >= 15 is 0 Å². The van der Waals surface area contributed by atoms with Gasteiger partial charge in [-0.05, 0) is 6.07 Å². The van der Waals surface area contributed by atoms with E-state index in [1.165, 1.54) is 0 Å². The molecule has 0 spiro atoms. The van der Waals surface area contributed by atoms with E-state index in [4.69, 9.17) is 11.6 Å². The largest absolute Gasteiger partial charge is 0.339 e. The topological polar surface area (TPSA) is 38.1 Å². The maximum Gasteiger partial charge on any atom is 0.271 e. The SMILES string of the molecule is CN(CCCl)C(=O)c1ccnn1C. The molecule has 1 aromatic heterocycles. The van der Waals surface area contributed by atoms with Crippen LogP contribution in [0, 0.1) is 0 Å². The van der Waals surface area contributed by atoms with E-state index in [1.54, 1.807) is 35.9 Å². The highest BCUT2D eigenvalue weighted by Crippen LogP contribution is 2.01. The highest BCUT2D eigenvalue weighted by molar-refractivity contribution is 6.18. The smallest absolute Gasteiger partial charge is 0.271 e. The third-order valence-corrected chi connectivity index (χ3v) is 1.98. The molecule has 4 nitrogen and oxygen atoms in total. The van der Waals surface area contributed by atoms with Gasteiger partial charge in [0.2, 0.25) is 0 Å². The number of alkyl halides is 1. The fourth-order valence-corrected chi connectivity index (χ4v) is 1.26. The first-order valence-electron chi connectivity index (χ1n) is 3.96. The molecule has 0 saturated carbocycles. The van der Waals surface area contributed by atoms with Crippen molar-refractivity contribution in [1.82, 2.24) is 14.7 Å². The van der Waals surface area contributed by atoms with Gasteiger partial charge in [-0.2, -0.15) is 5.10 Å². The van der Waals surface area contributed by atoms with Crippen molar-refractivity contribution in [2.45, 2.75) is 0 Å². The summed E-state index contributed by atoms with van der Waals surface area (Å²) in [6, 6.07) is 1.69. The zero-order valence-electron chi connectivity index (χ0n) is 7.70. The molecular formula is C8H12ClN3O. The lowest BCUT2D eigenvalue weighted by Gasteiger charge is -2.14. The van der Waals surface area contributed by atoms with Gasteiger partial charge in [-0.15, -0.1) is 11.6 Å². The lowest BCUT2D eigenvalue weighted by Crippen LogP contribution is -2.30. The first-order chi connectivity index (χ1) is 6.16. The van der Waals surface area contributed by atoms with Gasteiger partial charge in [0.05, 0.1) is 0 Å². The van der Waals surface area contributed by atoms with Crippen molar-refractivity contribution in [1.29, 1.82) is 0 Å². The summed E-state index contributed by atoms with van der Waals surface area (Å²) < 4.78 is 1.55. The molecule has 0 aliphatic carbocycles. The van der Waals surface area contributed by atoms with Crippen LogP contribution >= 0.6 is 11.6 Å². The molecule has 0 unspecified atom stereocenters. The zero-order chi connectivity index (χ0) is 9.84. The van der Waals surface area contributed by atoms with Crippen LogP contribution in [0.1, 0.15) is 10.5 Å². The molecule has 0 fully saturated rings. The van der Waals surface area contributed by atoms with Gasteiger partial charge in [0.25, 0.3) is 5.91 Å². The summed E-state index contributed by atoms with van der Waals surface area (Å²) >= 11 is 5.53. The molecular weight excluding hydrogens is 190 g/mol. The van der Waals surface area contributed by atoms with Crippen molar-refractivity contribution in [2.24, 2.45) is 7.05 Å². The molecule has 0 saturated heterocycles. The van der Waals surface area contributed by atoms with Crippen LogP contribution in [0.25, 0.3) is 0 Å². The van der Waals surface area contributed by atoms with E-state index in [1.807, 2.05) is 0 Å². The summed E-state index contributed by atoms with van der Waals surface area (Å²) in [5.41, 5.74) is 0.576. The van der Waals surface area contributed by atoms with Gasteiger partial charge in [0, 0.05) is 32.7 Å². The summed E-state index contributed by atoms with van der Waals surface area (Å²) in [6.45, 7) is 0.547. The molecule has 0 aromatic carbocycles. The van der Waals surface area contributed by atoms with E-state index in [-0.39, 0.29) is 5.91 Å². The van der Waals surface area contributed by atoms with Crippen molar-refractivity contribution >= 4 is 17.5 Å². The summed E-state index contributed by atoms with van der Waals surface area (Å²) in [5, 5.41) is 3.92. The maximum atomic E-state index is 11.6. The van der Waals surface area contributed by atoms with Crippen molar-refractivity contribution < 1.29 is 4.79 Å². The number of carbonyl (C=O) groups is 1. The van der Waals surface area contributed by atoms with E-state index < -0.39 is 0 Å². The quantitative estimate of drug-likeness (QED) is 0.677. The summed E-state index contributed by atoms with van der Waals surface area (Å²) in [5.74, 6) is 0.390. The Morgan fingerprint density at radius 3 is 2.92 bits per heavy atom. The third-order valence-electron chi connectivity index (χ3n) is 1.81. The number of halogens is 1. The molecule has 0 radical (unpaired) electrons. The molecule has 1 heterocycles. The Bertz CT molecular complexity index is 297. The van der Waals surface area contributed by atoms with Crippen LogP contribution in [-0.4, -0.2) is 40.1 Å². The molecule has 0 aliphatic rings. The second-order valence-corrected chi connectivity index (χ2v) is 3.13. The minimum absolute atomic E-state index is 0.0550. The molecule has 1 amide bonds. The van der Waals surface area contributed by atoms with Gasteiger partial charge in [0.1, 0.15) is 5.69 Å².